The summed E-state index contributed by atoms with van der Waals surface area (Å²) in [6, 6.07) is 21.1. The van der Waals surface area contributed by atoms with E-state index in [-0.39, 0.29) is 5.91 Å². The van der Waals surface area contributed by atoms with Gasteiger partial charge in [0, 0.05) is 16.8 Å². The molecule has 0 aliphatic rings. The fourth-order valence-electron chi connectivity index (χ4n) is 2.58. The maximum atomic E-state index is 12.5. The molecule has 3 aromatic carbocycles. The van der Waals surface area contributed by atoms with Crippen LogP contribution in [-0.4, -0.2) is 18.9 Å². The molecule has 0 saturated carbocycles. The minimum absolute atomic E-state index is 0.306. The molecule has 6 nitrogen and oxygen atoms in total. The second kappa shape index (κ2) is 8.73. The van der Waals surface area contributed by atoms with Crippen molar-refractivity contribution in [3.63, 3.8) is 0 Å². The maximum absolute atomic E-state index is 12.5. The predicted octanol–water partition coefficient (Wildman–Crippen LogP) is 3.63. The Morgan fingerprint density at radius 2 is 1.57 bits per heavy atom. The number of nitrogens with one attached hydrogen (secondary N) is 1. The van der Waals surface area contributed by atoms with Crippen molar-refractivity contribution in [3.05, 3.63) is 89.5 Å². The van der Waals surface area contributed by atoms with Gasteiger partial charge in [-0.25, -0.2) is 0 Å². The number of carbonyl (C=O) groups excluding carboxylic acids is 2. The van der Waals surface area contributed by atoms with Gasteiger partial charge in [-0.3, -0.25) is 9.59 Å². The van der Waals surface area contributed by atoms with Crippen molar-refractivity contribution in [1.82, 2.24) is 0 Å². The molecule has 0 spiro atoms. The molecule has 3 N–H and O–H groups in total. The zero-order valence-corrected chi connectivity index (χ0v) is 15.3. The first kappa shape index (κ1) is 19.0. The average molecular weight is 376 g/mol. The Kier molecular flexibility index (Phi) is 5.91. The van der Waals surface area contributed by atoms with Crippen LogP contribution in [0.5, 0.6) is 11.5 Å². The van der Waals surface area contributed by atoms with E-state index in [9.17, 15) is 9.59 Å². The number of benzene rings is 3. The highest BCUT2D eigenvalue weighted by Crippen LogP contribution is 2.29. The summed E-state index contributed by atoms with van der Waals surface area (Å²) in [5.41, 5.74) is 7.59. The Labute approximate surface area is 162 Å². The summed E-state index contributed by atoms with van der Waals surface area (Å²) < 4.78 is 11.2. The van der Waals surface area contributed by atoms with Crippen LogP contribution in [0.4, 0.5) is 5.69 Å². The molecular weight excluding hydrogens is 356 g/mol. The quantitative estimate of drug-likeness (QED) is 0.659. The molecule has 0 saturated heterocycles. The minimum atomic E-state index is -0.520. The van der Waals surface area contributed by atoms with Crippen molar-refractivity contribution < 1.29 is 19.1 Å². The Bertz CT molecular complexity index is 970. The standard InChI is InChI=1S/C22H20N2O4/c1-27-20-13-17(9-12-19(20)28-14-15-5-3-2-4-6-15)22(26)24-18-10-7-16(8-11-18)21(23)25/h2-13H,14H2,1H3,(H2,23,25)(H,24,26). The number of carbonyl (C=O) groups is 2. The fourth-order valence-corrected chi connectivity index (χ4v) is 2.58. The van der Waals surface area contributed by atoms with Crippen LogP contribution in [0.1, 0.15) is 26.3 Å². The maximum Gasteiger partial charge on any atom is 0.255 e. The van der Waals surface area contributed by atoms with Gasteiger partial charge in [-0.05, 0) is 48.0 Å². The second-order valence-corrected chi connectivity index (χ2v) is 6.04. The van der Waals surface area contributed by atoms with E-state index in [4.69, 9.17) is 15.2 Å². The molecule has 0 atom stereocenters. The molecule has 0 aromatic heterocycles. The van der Waals surface area contributed by atoms with Gasteiger partial charge in [-0.15, -0.1) is 0 Å². The van der Waals surface area contributed by atoms with E-state index in [2.05, 4.69) is 5.32 Å². The molecule has 28 heavy (non-hydrogen) atoms. The summed E-state index contributed by atoms with van der Waals surface area (Å²) in [6.45, 7) is 0.398. The molecule has 3 rings (SSSR count). The molecule has 0 unspecified atom stereocenters. The van der Waals surface area contributed by atoms with Gasteiger partial charge in [-0.1, -0.05) is 30.3 Å². The number of amides is 2. The lowest BCUT2D eigenvalue weighted by molar-refractivity contribution is 0.0998. The molecular formula is C22H20N2O4. The van der Waals surface area contributed by atoms with Crippen molar-refractivity contribution in [2.24, 2.45) is 5.73 Å². The Hall–Kier alpha value is -3.80. The molecule has 6 heteroatoms. The van der Waals surface area contributed by atoms with E-state index >= 15 is 0 Å². The van der Waals surface area contributed by atoms with Crippen molar-refractivity contribution >= 4 is 17.5 Å². The Morgan fingerprint density at radius 3 is 2.21 bits per heavy atom. The number of anilines is 1. The summed E-state index contributed by atoms with van der Waals surface area (Å²) >= 11 is 0. The van der Waals surface area contributed by atoms with Crippen LogP contribution in [0.25, 0.3) is 0 Å². The summed E-state index contributed by atoms with van der Waals surface area (Å²) in [4.78, 5) is 23.6. The lowest BCUT2D eigenvalue weighted by Gasteiger charge is -2.12. The van der Waals surface area contributed by atoms with Gasteiger partial charge in [0.25, 0.3) is 5.91 Å². The van der Waals surface area contributed by atoms with Crippen LogP contribution in [0.2, 0.25) is 0 Å². The molecule has 0 heterocycles. The highest BCUT2D eigenvalue weighted by molar-refractivity contribution is 6.05. The first-order chi connectivity index (χ1) is 13.6. The zero-order chi connectivity index (χ0) is 19.9. The van der Waals surface area contributed by atoms with Crippen LogP contribution in [0, 0.1) is 0 Å². The van der Waals surface area contributed by atoms with E-state index in [1.165, 1.54) is 7.11 Å². The fraction of sp³-hybridized carbons (Fsp3) is 0.0909. The number of hydrogen-bond donors (Lipinski definition) is 2. The lowest BCUT2D eigenvalue weighted by Crippen LogP contribution is -2.13. The van der Waals surface area contributed by atoms with Gasteiger partial charge in [-0.2, -0.15) is 0 Å². The van der Waals surface area contributed by atoms with E-state index < -0.39 is 5.91 Å². The first-order valence-electron chi connectivity index (χ1n) is 8.63. The van der Waals surface area contributed by atoms with Gasteiger partial charge in [0.15, 0.2) is 11.5 Å². The molecule has 0 bridgehead atoms. The number of rotatable bonds is 7. The number of nitrogens with two attached hydrogens (primary N) is 1. The van der Waals surface area contributed by atoms with Crippen molar-refractivity contribution in [2.75, 3.05) is 12.4 Å². The molecule has 0 radical (unpaired) electrons. The number of ether oxygens (including phenoxy) is 2. The van der Waals surface area contributed by atoms with Crippen molar-refractivity contribution in [2.45, 2.75) is 6.61 Å². The van der Waals surface area contributed by atoms with Gasteiger partial charge in [0.05, 0.1) is 7.11 Å². The van der Waals surface area contributed by atoms with Crippen molar-refractivity contribution in [3.8, 4) is 11.5 Å². The SMILES string of the molecule is COc1cc(C(=O)Nc2ccc(C(N)=O)cc2)ccc1OCc1ccccc1. The molecule has 0 aliphatic heterocycles. The topological polar surface area (TPSA) is 90.6 Å². The lowest BCUT2D eigenvalue weighted by atomic mass is 10.1. The normalized spacial score (nSPS) is 10.2. The van der Waals surface area contributed by atoms with Gasteiger partial charge in [0.2, 0.25) is 5.91 Å². The van der Waals surface area contributed by atoms with Gasteiger partial charge >= 0.3 is 0 Å². The highest BCUT2D eigenvalue weighted by atomic mass is 16.5. The van der Waals surface area contributed by atoms with E-state index in [0.29, 0.717) is 34.9 Å². The summed E-state index contributed by atoms with van der Waals surface area (Å²) in [6.07, 6.45) is 0. The molecule has 3 aromatic rings. The summed E-state index contributed by atoms with van der Waals surface area (Å²) in [7, 11) is 1.52. The van der Waals surface area contributed by atoms with Crippen LogP contribution in [0.3, 0.4) is 0 Å². The van der Waals surface area contributed by atoms with Gasteiger partial charge in [0.1, 0.15) is 6.61 Å². The number of methoxy groups -OCH3 is 1. The predicted molar refractivity (Wildman–Crippen MR) is 107 cm³/mol. The van der Waals surface area contributed by atoms with Crippen LogP contribution in [0.15, 0.2) is 72.8 Å². The minimum Gasteiger partial charge on any atom is -0.493 e. The first-order valence-corrected chi connectivity index (χ1v) is 8.63. The summed E-state index contributed by atoms with van der Waals surface area (Å²) in [5.74, 6) is 0.190. The zero-order valence-electron chi connectivity index (χ0n) is 15.3. The smallest absolute Gasteiger partial charge is 0.255 e. The number of primary amides is 1. The van der Waals surface area contributed by atoms with Crippen LogP contribution >= 0.6 is 0 Å². The highest BCUT2D eigenvalue weighted by Gasteiger charge is 2.12. The summed E-state index contributed by atoms with van der Waals surface area (Å²) in [5, 5.41) is 2.77. The Morgan fingerprint density at radius 1 is 0.893 bits per heavy atom. The van der Waals surface area contributed by atoms with E-state index in [1.807, 2.05) is 30.3 Å². The van der Waals surface area contributed by atoms with Crippen molar-refractivity contribution in [1.29, 1.82) is 0 Å². The van der Waals surface area contributed by atoms with E-state index in [0.717, 1.165) is 5.56 Å². The monoisotopic (exact) mass is 376 g/mol. The third-order valence-electron chi connectivity index (χ3n) is 4.09. The van der Waals surface area contributed by atoms with Crippen LogP contribution < -0.4 is 20.5 Å². The third kappa shape index (κ3) is 4.67. The average Bonchev–Trinajstić information content (AvgIpc) is 2.73. The molecule has 0 fully saturated rings. The largest absolute Gasteiger partial charge is 0.493 e. The molecule has 142 valence electrons. The molecule has 2 amide bonds. The number of hydrogen-bond acceptors (Lipinski definition) is 4. The van der Waals surface area contributed by atoms with Gasteiger partial charge < -0.3 is 20.5 Å². The van der Waals surface area contributed by atoms with Crippen LogP contribution in [-0.2, 0) is 6.61 Å². The Balaban J connectivity index is 1.69. The third-order valence-corrected chi connectivity index (χ3v) is 4.09. The second-order valence-electron chi connectivity index (χ2n) is 6.04. The van der Waals surface area contributed by atoms with E-state index in [1.54, 1.807) is 42.5 Å². The molecule has 0 aliphatic carbocycles.